The van der Waals surface area contributed by atoms with Gasteiger partial charge < -0.3 is 9.64 Å². The summed E-state index contributed by atoms with van der Waals surface area (Å²) in [5, 5.41) is 0.806. The first kappa shape index (κ1) is 23.9. The van der Waals surface area contributed by atoms with Crippen LogP contribution < -0.4 is 4.74 Å². The molecule has 7 nitrogen and oxygen atoms in total. The molecule has 0 radical (unpaired) electrons. The van der Waals surface area contributed by atoms with Crippen LogP contribution in [0.15, 0.2) is 77.7 Å². The van der Waals surface area contributed by atoms with Gasteiger partial charge in [-0.15, -0.1) is 11.3 Å². The molecule has 1 amide bonds. The summed E-state index contributed by atoms with van der Waals surface area (Å²) in [7, 11) is 0.683. The van der Waals surface area contributed by atoms with Crippen LogP contribution in [0.5, 0.6) is 5.75 Å². The molecule has 0 fully saturated rings. The number of nitrogens with zero attached hydrogens (tertiary/aromatic N) is 3. The molecular formula is C25H25N3O4S2. The van der Waals surface area contributed by atoms with Crippen molar-refractivity contribution in [3.63, 3.8) is 0 Å². The van der Waals surface area contributed by atoms with Gasteiger partial charge in [-0.05, 0) is 35.9 Å². The summed E-state index contributed by atoms with van der Waals surface area (Å²) in [6.45, 7) is 0.516. The number of hydrogen-bond acceptors (Lipinski definition) is 6. The average Bonchev–Trinajstić information content (AvgIpc) is 3.26. The van der Waals surface area contributed by atoms with Crippen LogP contribution in [0.4, 0.5) is 0 Å². The number of thiazole rings is 1. The Balaban J connectivity index is 1.58. The smallest absolute Gasteiger partial charge is 0.254 e. The summed E-state index contributed by atoms with van der Waals surface area (Å²) < 4.78 is 34.3. The first-order valence-electron chi connectivity index (χ1n) is 10.6. The SMILES string of the molecule is COc1ccc(C(=O)N(C)Cc2nc3ccccc3s2)cc1S(=O)(=O)N(C)Cc1ccccc1. The normalized spacial score (nSPS) is 11.6. The summed E-state index contributed by atoms with van der Waals surface area (Å²) in [6, 6.07) is 21.6. The number of sulfonamides is 1. The second kappa shape index (κ2) is 9.92. The predicted octanol–water partition coefficient (Wildman–Crippen LogP) is 4.40. The Bertz CT molecular complexity index is 1390. The van der Waals surface area contributed by atoms with E-state index in [1.165, 1.54) is 46.8 Å². The van der Waals surface area contributed by atoms with Gasteiger partial charge in [0.1, 0.15) is 15.7 Å². The lowest BCUT2D eigenvalue weighted by molar-refractivity contribution is 0.0784. The molecule has 0 aliphatic carbocycles. The van der Waals surface area contributed by atoms with Gasteiger partial charge in [0.05, 0.1) is 23.9 Å². The lowest BCUT2D eigenvalue weighted by Crippen LogP contribution is -2.28. The zero-order valence-electron chi connectivity index (χ0n) is 19.1. The molecule has 34 heavy (non-hydrogen) atoms. The van der Waals surface area contributed by atoms with Gasteiger partial charge in [0.2, 0.25) is 10.0 Å². The van der Waals surface area contributed by atoms with Crippen molar-refractivity contribution in [2.45, 2.75) is 18.0 Å². The van der Waals surface area contributed by atoms with Crippen molar-refractivity contribution in [2.75, 3.05) is 21.2 Å². The summed E-state index contributed by atoms with van der Waals surface area (Å²) in [6.07, 6.45) is 0. The van der Waals surface area contributed by atoms with Gasteiger partial charge in [-0.25, -0.2) is 13.4 Å². The largest absolute Gasteiger partial charge is 0.495 e. The van der Waals surface area contributed by atoms with Gasteiger partial charge in [0, 0.05) is 26.2 Å². The molecule has 0 aliphatic rings. The number of carbonyl (C=O) groups is 1. The van der Waals surface area contributed by atoms with E-state index in [0.29, 0.717) is 6.54 Å². The third kappa shape index (κ3) is 4.96. The lowest BCUT2D eigenvalue weighted by atomic mass is 10.2. The van der Waals surface area contributed by atoms with Crippen molar-refractivity contribution in [1.82, 2.24) is 14.2 Å². The van der Waals surface area contributed by atoms with Gasteiger partial charge in [-0.2, -0.15) is 4.31 Å². The molecule has 176 valence electrons. The highest BCUT2D eigenvalue weighted by Crippen LogP contribution is 2.29. The fourth-order valence-corrected chi connectivity index (χ4v) is 5.94. The second-order valence-corrected chi connectivity index (χ2v) is 11.0. The Labute approximate surface area is 203 Å². The molecule has 0 N–H and O–H groups in total. The Kier molecular flexibility index (Phi) is 6.97. The quantitative estimate of drug-likeness (QED) is 0.362. The first-order chi connectivity index (χ1) is 16.3. The van der Waals surface area contributed by atoms with Crippen molar-refractivity contribution < 1.29 is 17.9 Å². The molecule has 0 saturated heterocycles. The Hall–Kier alpha value is -3.27. The number of hydrogen-bond donors (Lipinski definition) is 0. The average molecular weight is 496 g/mol. The first-order valence-corrected chi connectivity index (χ1v) is 12.8. The summed E-state index contributed by atoms with van der Waals surface area (Å²) in [5.41, 5.74) is 2.01. The molecule has 3 aromatic carbocycles. The highest BCUT2D eigenvalue weighted by atomic mass is 32.2. The van der Waals surface area contributed by atoms with Crippen molar-refractivity contribution in [3.8, 4) is 5.75 Å². The predicted molar refractivity (Wildman–Crippen MR) is 134 cm³/mol. The fourth-order valence-electron chi connectivity index (χ4n) is 3.59. The van der Waals surface area contributed by atoms with Gasteiger partial charge >= 0.3 is 0 Å². The number of para-hydroxylation sites is 1. The Morgan fingerprint density at radius 2 is 1.68 bits per heavy atom. The fraction of sp³-hybridized carbons (Fsp3) is 0.200. The summed E-state index contributed by atoms with van der Waals surface area (Å²) in [4.78, 5) is 19.2. The molecule has 1 heterocycles. The number of fused-ring (bicyclic) bond motifs is 1. The number of carbonyl (C=O) groups excluding carboxylic acids is 1. The van der Waals surface area contributed by atoms with Crippen LogP contribution in [0.3, 0.4) is 0 Å². The third-order valence-corrected chi connectivity index (χ3v) is 8.25. The van der Waals surface area contributed by atoms with E-state index in [4.69, 9.17) is 4.74 Å². The van der Waals surface area contributed by atoms with Crippen LogP contribution in [0, 0.1) is 0 Å². The van der Waals surface area contributed by atoms with Crippen LogP contribution in [0.1, 0.15) is 20.9 Å². The van der Waals surface area contributed by atoms with E-state index in [9.17, 15) is 13.2 Å². The lowest BCUT2D eigenvalue weighted by Gasteiger charge is -2.21. The van der Waals surface area contributed by atoms with Gasteiger partial charge in [-0.1, -0.05) is 42.5 Å². The molecule has 0 spiro atoms. The molecule has 1 aromatic heterocycles. The van der Waals surface area contributed by atoms with Crippen LogP contribution in [-0.4, -0.2) is 49.7 Å². The number of amides is 1. The van der Waals surface area contributed by atoms with E-state index in [1.807, 2.05) is 54.6 Å². The topological polar surface area (TPSA) is 79.8 Å². The standard InChI is InChI=1S/C25H25N3O4S2/c1-27(17-24-26-20-11-7-8-12-22(20)33-24)25(29)19-13-14-21(32-3)23(15-19)34(30,31)28(2)16-18-9-5-4-6-10-18/h4-15H,16-17H2,1-3H3. The molecule has 0 unspecified atom stereocenters. The van der Waals surface area contributed by atoms with E-state index in [-0.39, 0.29) is 28.7 Å². The zero-order valence-corrected chi connectivity index (χ0v) is 20.8. The van der Waals surface area contributed by atoms with Crippen molar-refractivity contribution in [2.24, 2.45) is 0 Å². The minimum absolute atomic E-state index is 0.0485. The van der Waals surface area contributed by atoms with Crippen molar-refractivity contribution in [3.05, 3.63) is 88.9 Å². The zero-order chi connectivity index (χ0) is 24.3. The minimum atomic E-state index is -3.91. The maximum atomic E-state index is 13.4. The van der Waals surface area contributed by atoms with Gasteiger partial charge in [0.15, 0.2) is 0 Å². The third-order valence-electron chi connectivity index (χ3n) is 5.40. The van der Waals surface area contributed by atoms with Crippen LogP contribution in [0.2, 0.25) is 0 Å². The monoisotopic (exact) mass is 495 g/mol. The maximum Gasteiger partial charge on any atom is 0.254 e. The summed E-state index contributed by atoms with van der Waals surface area (Å²) >= 11 is 1.53. The Morgan fingerprint density at radius 1 is 0.971 bits per heavy atom. The van der Waals surface area contributed by atoms with E-state index < -0.39 is 10.0 Å². The van der Waals surface area contributed by atoms with Crippen LogP contribution >= 0.6 is 11.3 Å². The van der Waals surface area contributed by atoms with Crippen LogP contribution in [-0.2, 0) is 23.1 Å². The molecule has 9 heteroatoms. The number of methoxy groups -OCH3 is 1. The number of benzene rings is 3. The maximum absolute atomic E-state index is 13.4. The van der Waals surface area contributed by atoms with Crippen LogP contribution in [0.25, 0.3) is 10.2 Å². The second-order valence-electron chi connectivity index (χ2n) is 7.85. The molecule has 0 aliphatic heterocycles. The van der Waals surface area contributed by atoms with Crippen molar-refractivity contribution >= 4 is 37.5 Å². The Morgan fingerprint density at radius 3 is 2.38 bits per heavy atom. The molecular weight excluding hydrogens is 470 g/mol. The van der Waals surface area contributed by atoms with Crippen molar-refractivity contribution in [1.29, 1.82) is 0 Å². The minimum Gasteiger partial charge on any atom is -0.495 e. The molecule has 4 aromatic rings. The molecule has 0 atom stereocenters. The number of aromatic nitrogens is 1. The molecule has 4 rings (SSSR count). The van der Waals surface area contributed by atoms with Gasteiger partial charge in [-0.3, -0.25) is 4.79 Å². The number of rotatable bonds is 8. The number of ether oxygens (including phenoxy) is 1. The molecule has 0 saturated carbocycles. The highest BCUT2D eigenvalue weighted by Gasteiger charge is 2.27. The van der Waals surface area contributed by atoms with E-state index in [0.717, 1.165) is 20.8 Å². The molecule has 0 bridgehead atoms. The van der Waals surface area contributed by atoms with E-state index >= 15 is 0 Å². The highest BCUT2D eigenvalue weighted by molar-refractivity contribution is 7.89. The summed E-state index contributed by atoms with van der Waals surface area (Å²) in [5.74, 6) is -0.116. The van der Waals surface area contributed by atoms with E-state index in [1.54, 1.807) is 13.1 Å². The van der Waals surface area contributed by atoms with Gasteiger partial charge in [0.25, 0.3) is 5.91 Å². The van der Waals surface area contributed by atoms with E-state index in [2.05, 4.69) is 4.98 Å².